The van der Waals surface area contributed by atoms with Crippen molar-refractivity contribution in [1.82, 2.24) is 4.90 Å². The lowest BCUT2D eigenvalue weighted by Gasteiger charge is -2.47. The predicted octanol–water partition coefficient (Wildman–Crippen LogP) is 7.19. The van der Waals surface area contributed by atoms with Crippen LogP contribution in [0, 0.1) is 5.41 Å². The molecule has 2 fully saturated rings. The Balaban J connectivity index is 1.55. The molecule has 3 heterocycles. The number of hydrogen-bond donors (Lipinski definition) is 1. The third-order valence-electron chi connectivity index (χ3n) is 9.34. The van der Waals surface area contributed by atoms with Gasteiger partial charge < -0.3 is 10.1 Å². The van der Waals surface area contributed by atoms with Gasteiger partial charge in [-0.25, -0.2) is 0 Å². The van der Waals surface area contributed by atoms with Crippen LogP contribution < -0.4 is 5.32 Å². The van der Waals surface area contributed by atoms with Crippen molar-refractivity contribution >= 4 is 17.6 Å². The van der Waals surface area contributed by atoms with E-state index in [1.165, 1.54) is 0 Å². The summed E-state index contributed by atoms with van der Waals surface area (Å²) in [5.41, 5.74) is 3.65. The minimum absolute atomic E-state index is 0.0444. The van der Waals surface area contributed by atoms with E-state index >= 15 is 0 Å². The molecule has 0 radical (unpaired) electrons. The third-order valence-corrected chi connectivity index (χ3v) is 9.34. The number of benzene rings is 4. The second-order valence-electron chi connectivity index (χ2n) is 13.1. The molecule has 0 bridgehead atoms. The molecule has 5 heteroatoms. The fourth-order valence-corrected chi connectivity index (χ4v) is 7.88. The molecular formula is C37H36N2O3. The van der Waals surface area contributed by atoms with Crippen LogP contribution in [0.4, 0.5) is 5.69 Å². The predicted molar refractivity (Wildman–Crippen MR) is 164 cm³/mol. The molecule has 4 aromatic rings. The van der Waals surface area contributed by atoms with Gasteiger partial charge in [-0.2, -0.15) is 0 Å². The van der Waals surface area contributed by atoms with E-state index < -0.39 is 23.5 Å². The lowest BCUT2D eigenvalue weighted by atomic mass is 9.62. The summed E-state index contributed by atoms with van der Waals surface area (Å²) < 4.78 is 6.50. The molecular weight excluding hydrogens is 520 g/mol. The molecule has 3 aliphatic rings. The number of carbonyl (C=O) groups excluding carboxylic acids is 2. The summed E-state index contributed by atoms with van der Waals surface area (Å²) in [6.45, 7) is 6.66. The van der Waals surface area contributed by atoms with Crippen molar-refractivity contribution in [2.45, 2.75) is 62.8 Å². The highest BCUT2D eigenvalue weighted by Crippen LogP contribution is 2.64. The average Bonchev–Trinajstić information content (AvgIpc) is 3.46. The number of nitrogens with zero attached hydrogens (tertiary/aromatic N) is 1. The van der Waals surface area contributed by atoms with Crippen molar-refractivity contribution in [3.8, 4) is 0 Å². The molecule has 5 nitrogen and oxygen atoms in total. The number of cyclic esters (lactones) is 1. The zero-order valence-corrected chi connectivity index (χ0v) is 24.2. The number of para-hydroxylation sites is 1. The van der Waals surface area contributed by atoms with Crippen LogP contribution in [0.5, 0.6) is 0 Å². The lowest BCUT2D eigenvalue weighted by molar-refractivity contribution is -0.176. The summed E-state index contributed by atoms with van der Waals surface area (Å²) in [7, 11) is 0. The Morgan fingerprint density at radius 1 is 0.714 bits per heavy atom. The quantitative estimate of drug-likeness (QED) is 0.270. The third kappa shape index (κ3) is 4.02. The molecule has 1 N–H and O–H groups in total. The van der Waals surface area contributed by atoms with Gasteiger partial charge in [0.05, 0.1) is 6.04 Å². The van der Waals surface area contributed by atoms with Crippen LogP contribution >= 0.6 is 0 Å². The van der Waals surface area contributed by atoms with Crippen LogP contribution in [0.2, 0.25) is 0 Å². The van der Waals surface area contributed by atoms with Gasteiger partial charge in [-0.05, 0) is 40.2 Å². The molecule has 212 valence electrons. The molecule has 0 aliphatic carbocycles. The van der Waals surface area contributed by atoms with E-state index in [1.54, 1.807) is 0 Å². The second-order valence-corrected chi connectivity index (χ2v) is 13.1. The van der Waals surface area contributed by atoms with Gasteiger partial charge in [0.15, 0.2) is 0 Å². The van der Waals surface area contributed by atoms with E-state index in [1.807, 2.05) is 84.9 Å². The number of esters is 1. The number of ether oxygens (including phenoxy) is 1. The Morgan fingerprint density at radius 2 is 1.26 bits per heavy atom. The summed E-state index contributed by atoms with van der Waals surface area (Å²) in [6.07, 6.45) is 0.193. The van der Waals surface area contributed by atoms with E-state index in [2.05, 4.69) is 61.3 Å². The van der Waals surface area contributed by atoms with Gasteiger partial charge in [0.25, 0.3) is 0 Å². The number of carbonyl (C=O) groups is 2. The van der Waals surface area contributed by atoms with Crippen LogP contribution in [0.3, 0.4) is 0 Å². The minimum atomic E-state index is -0.993. The van der Waals surface area contributed by atoms with Crippen molar-refractivity contribution < 1.29 is 14.3 Å². The van der Waals surface area contributed by atoms with Gasteiger partial charge in [-0.15, -0.1) is 0 Å². The molecule has 2 saturated heterocycles. The van der Waals surface area contributed by atoms with Crippen molar-refractivity contribution in [1.29, 1.82) is 0 Å². The first-order chi connectivity index (χ1) is 20.3. The number of amides is 1. The normalized spacial score (nSPS) is 28.7. The van der Waals surface area contributed by atoms with E-state index in [-0.39, 0.29) is 29.4 Å². The number of morpholine rings is 1. The molecule has 42 heavy (non-hydrogen) atoms. The van der Waals surface area contributed by atoms with Gasteiger partial charge in [0.1, 0.15) is 17.6 Å². The Labute approximate surface area is 247 Å². The van der Waals surface area contributed by atoms with E-state index in [0.29, 0.717) is 6.42 Å². The fraction of sp³-hybridized carbons (Fsp3) is 0.297. The first-order valence-corrected chi connectivity index (χ1v) is 14.8. The molecule has 3 aliphatic heterocycles. The van der Waals surface area contributed by atoms with Crippen LogP contribution in [0.1, 0.15) is 67.5 Å². The first kappa shape index (κ1) is 26.7. The van der Waals surface area contributed by atoms with Gasteiger partial charge in [0, 0.05) is 17.6 Å². The monoisotopic (exact) mass is 556 g/mol. The molecule has 4 aromatic carbocycles. The molecule has 0 aromatic heterocycles. The minimum Gasteiger partial charge on any atom is -0.454 e. The number of fused-ring (bicyclic) bond motifs is 3. The number of hydrogen-bond acceptors (Lipinski definition) is 4. The maximum absolute atomic E-state index is 14.7. The highest BCUT2D eigenvalue weighted by atomic mass is 16.6. The maximum atomic E-state index is 14.7. The van der Waals surface area contributed by atoms with Crippen molar-refractivity contribution in [2.75, 3.05) is 5.32 Å². The van der Waals surface area contributed by atoms with Gasteiger partial charge in [-0.1, -0.05) is 130 Å². The van der Waals surface area contributed by atoms with Crippen molar-refractivity contribution in [3.63, 3.8) is 0 Å². The van der Waals surface area contributed by atoms with Crippen molar-refractivity contribution in [3.05, 3.63) is 138 Å². The van der Waals surface area contributed by atoms with Crippen LogP contribution in [0.25, 0.3) is 0 Å². The number of nitrogens with one attached hydrogen (secondary N) is 1. The van der Waals surface area contributed by atoms with E-state index in [9.17, 15) is 9.59 Å². The fourth-order valence-electron chi connectivity index (χ4n) is 7.88. The standard InChI is InChI=1S/C37H36N2O3/c1-36(2,3)23-29-37(27-21-13-14-22-28(27)38-35(37)41)30(24-15-7-4-8-16-24)32-34(40)42-33(26-19-11-6-12-20-26)31(39(29)32)25-17-9-5-10-18-25/h4-22,29-33H,23H2,1-3H3,(H,38,41)/t29-,30+,31-,32-,33+,37+/m1/s1. The van der Waals surface area contributed by atoms with Crippen LogP contribution in [0.15, 0.2) is 115 Å². The first-order valence-electron chi connectivity index (χ1n) is 14.8. The lowest BCUT2D eigenvalue weighted by Crippen LogP contribution is -2.54. The second kappa shape index (κ2) is 9.95. The highest BCUT2D eigenvalue weighted by Gasteiger charge is 2.72. The smallest absolute Gasteiger partial charge is 0.324 e. The number of anilines is 1. The molecule has 0 saturated carbocycles. The molecule has 0 unspecified atom stereocenters. The Kier molecular flexibility index (Phi) is 6.32. The van der Waals surface area contributed by atoms with Gasteiger partial charge in [-0.3, -0.25) is 14.5 Å². The van der Waals surface area contributed by atoms with Crippen molar-refractivity contribution in [2.24, 2.45) is 5.41 Å². The SMILES string of the molecule is CC(C)(C)C[C@H]1N2[C@H](c3ccccc3)[C@H](c3ccccc3)OC(=O)[C@H]2[C@H](c2ccccc2)[C@@]12C(=O)Nc1ccccc12. The summed E-state index contributed by atoms with van der Waals surface area (Å²) in [6, 6.07) is 37.3. The number of rotatable bonds is 4. The van der Waals surface area contributed by atoms with Crippen LogP contribution in [-0.2, 0) is 19.7 Å². The summed E-state index contributed by atoms with van der Waals surface area (Å²) in [5.74, 6) is -0.764. The Morgan fingerprint density at radius 3 is 1.88 bits per heavy atom. The zero-order valence-electron chi connectivity index (χ0n) is 24.2. The molecule has 1 spiro atoms. The molecule has 6 atom stereocenters. The largest absolute Gasteiger partial charge is 0.454 e. The maximum Gasteiger partial charge on any atom is 0.324 e. The van der Waals surface area contributed by atoms with Gasteiger partial charge >= 0.3 is 5.97 Å². The topological polar surface area (TPSA) is 58.6 Å². The van der Waals surface area contributed by atoms with Crippen LogP contribution in [-0.4, -0.2) is 28.9 Å². The van der Waals surface area contributed by atoms with E-state index in [0.717, 1.165) is 27.9 Å². The molecule has 7 rings (SSSR count). The zero-order chi connectivity index (χ0) is 29.1. The summed E-state index contributed by atoms with van der Waals surface area (Å²) >= 11 is 0. The summed E-state index contributed by atoms with van der Waals surface area (Å²) in [5, 5.41) is 3.25. The Bertz CT molecular complexity index is 1620. The summed E-state index contributed by atoms with van der Waals surface area (Å²) in [4.78, 5) is 31.6. The van der Waals surface area contributed by atoms with E-state index in [4.69, 9.17) is 4.74 Å². The van der Waals surface area contributed by atoms with Gasteiger partial charge in [0.2, 0.25) is 5.91 Å². The highest BCUT2D eigenvalue weighted by molar-refractivity contribution is 6.09. The Hall–Kier alpha value is -4.22. The molecule has 1 amide bonds. The average molecular weight is 557 g/mol.